The number of hydrogen-bond donors (Lipinski definition) is 1. The summed E-state index contributed by atoms with van der Waals surface area (Å²) in [6.07, 6.45) is -0.943. The van der Waals surface area contributed by atoms with Crippen LogP contribution in [0.4, 0.5) is 5.69 Å². The molecule has 0 saturated carbocycles. The Hall–Kier alpha value is -1.56. The van der Waals surface area contributed by atoms with Crippen molar-refractivity contribution >= 4 is 52.1 Å². The van der Waals surface area contributed by atoms with E-state index in [2.05, 4.69) is 5.32 Å². The predicted octanol–water partition coefficient (Wildman–Crippen LogP) is 4.55. The zero-order chi connectivity index (χ0) is 16.3. The Morgan fingerprint density at radius 2 is 1.95 bits per heavy atom. The summed E-state index contributed by atoms with van der Waals surface area (Å²) in [5.74, 6) is -0.992. The van der Waals surface area contributed by atoms with Crippen molar-refractivity contribution in [1.82, 2.24) is 0 Å². The van der Waals surface area contributed by atoms with Crippen molar-refractivity contribution in [3.8, 4) is 0 Å². The van der Waals surface area contributed by atoms with Crippen molar-refractivity contribution in [3.63, 3.8) is 0 Å². The zero-order valence-corrected chi connectivity index (χ0v) is 14.2. The van der Waals surface area contributed by atoms with Gasteiger partial charge in [0.05, 0.1) is 10.7 Å². The van der Waals surface area contributed by atoms with E-state index in [0.717, 1.165) is 4.88 Å². The number of nitrogens with one attached hydrogen (secondary N) is 1. The van der Waals surface area contributed by atoms with Gasteiger partial charge in [-0.2, -0.15) is 0 Å². The van der Waals surface area contributed by atoms with Crippen LogP contribution in [0.2, 0.25) is 10.0 Å². The molecule has 1 heterocycles. The van der Waals surface area contributed by atoms with Crippen molar-refractivity contribution in [1.29, 1.82) is 0 Å². The summed E-state index contributed by atoms with van der Waals surface area (Å²) < 4.78 is 5.14. The molecule has 4 nitrogen and oxygen atoms in total. The number of benzene rings is 1. The molecular formula is C15H13Cl2NO3S. The van der Waals surface area contributed by atoms with Gasteiger partial charge in [-0.15, -0.1) is 11.3 Å². The highest BCUT2D eigenvalue weighted by molar-refractivity contribution is 7.13. The number of anilines is 1. The molecule has 116 valence electrons. The molecule has 7 heteroatoms. The van der Waals surface area contributed by atoms with E-state index in [1.807, 2.05) is 13.0 Å². The predicted molar refractivity (Wildman–Crippen MR) is 89.0 cm³/mol. The molecule has 0 bridgehead atoms. The van der Waals surface area contributed by atoms with Gasteiger partial charge in [-0.1, -0.05) is 23.2 Å². The fraction of sp³-hybridized carbons (Fsp3) is 0.200. The van der Waals surface area contributed by atoms with Crippen molar-refractivity contribution < 1.29 is 14.3 Å². The number of carbonyl (C=O) groups is 2. The molecule has 1 aromatic heterocycles. The number of hydrogen-bond acceptors (Lipinski definition) is 4. The van der Waals surface area contributed by atoms with Gasteiger partial charge in [0.1, 0.15) is 4.88 Å². The Morgan fingerprint density at radius 1 is 1.23 bits per heavy atom. The summed E-state index contributed by atoms with van der Waals surface area (Å²) in [5, 5.41) is 3.38. The van der Waals surface area contributed by atoms with E-state index in [9.17, 15) is 9.59 Å². The van der Waals surface area contributed by atoms with E-state index >= 15 is 0 Å². The molecule has 2 rings (SSSR count). The van der Waals surface area contributed by atoms with Crippen LogP contribution in [0.1, 0.15) is 21.5 Å². The fourth-order valence-corrected chi connectivity index (χ4v) is 2.85. The third-order valence-electron chi connectivity index (χ3n) is 2.78. The van der Waals surface area contributed by atoms with Gasteiger partial charge in [0.25, 0.3) is 5.91 Å². The van der Waals surface area contributed by atoms with Gasteiger partial charge < -0.3 is 10.1 Å². The molecule has 1 amide bonds. The Morgan fingerprint density at radius 3 is 2.55 bits per heavy atom. The highest BCUT2D eigenvalue weighted by atomic mass is 35.5. The maximum Gasteiger partial charge on any atom is 0.349 e. The first kappa shape index (κ1) is 16.8. The number of ether oxygens (including phenoxy) is 1. The van der Waals surface area contributed by atoms with E-state index in [1.165, 1.54) is 24.3 Å². The summed E-state index contributed by atoms with van der Waals surface area (Å²) in [6, 6.07) is 8.19. The van der Waals surface area contributed by atoms with Gasteiger partial charge in [0.15, 0.2) is 6.10 Å². The summed E-state index contributed by atoms with van der Waals surface area (Å²) in [4.78, 5) is 25.4. The molecule has 0 aliphatic rings. The molecular weight excluding hydrogens is 345 g/mol. The first-order valence-corrected chi connectivity index (χ1v) is 7.97. The molecule has 2 aromatic rings. The van der Waals surface area contributed by atoms with Crippen LogP contribution in [-0.2, 0) is 9.53 Å². The van der Waals surface area contributed by atoms with E-state index in [0.29, 0.717) is 20.6 Å². The summed E-state index contributed by atoms with van der Waals surface area (Å²) in [6.45, 7) is 3.39. The summed E-state index contributed by atoms with van der Waals surface area (Å²) in [7, 11) is 0. The minimum absolute atomic E-state index is 0.313. The average molecular weight is 358 g/mol. The third kappa shape index (κ3) is 4.22. The molecule has 0 saturated heterocycles. The molecule has 0 fully saturated rings. The molecule has 0 aliphatic carbocycles. The van der Waals surface area contributed by atoms with E-state index in [-0.39, 0.29) is 0 Å². The second-order valence-electron chi connectivity index (χ2n) is 4.57. The van der Waals surface area contributed by atoms with Crippen LogP contribution in [0.15, 0.2) is 30.3 Å². The minimum atomic E-state index is -0.943. The number of esters is 1. The molecule has 1 atom stereocenters. The van der Waals surface area contributed by atoms with Gasteiger partial charge in [0, 0.05) is 9.90 Å². The molecule has 0 radical (unpaired) electrons. The van der Waals surface area contributed by atoms with E-state index < -0.39 is 18.0 Å². The Labute approximate surface area is 142 Å². The lowest BCUT2D eigenvalue weighted by molar-refractivity contribution is -0.123. The maximum atomic E-state index is 12.0. The maximum absolute atomic E-state index is 12.0. The quantitative estimate of drug-likeness (QED) is 0.816. The lowest BCUT2D eigenvalue weighted by Crippen LogP contribution is -2.29. The standard InChI is InChI=1S/C15H13Cl2NO3S/c1-8-3-6-13(22-8)15(20)21-9(2)14(19)18-12-5-4-10(16)7-11(12)17/h3-7,9H,1-2H3,(H,18,19). The van der Waals surface area contributed by atoms with Crippen molar-refractivity contribution in [3.05, 3.63) is 50.1 Å². The number of halogens is 2. The van der Waals surface area contributed by atoms with Crippen LogP contribution in [0, 0.1) is 6.92 Å². The fourth-order valence-electron chi connectivity index (χ4n) is 1.64. The number of thiophene rings is 1. The SMILES string of the molecule is Cc1ccc(C(=O)OC(C)C(=O)Nc2ccc(Cl)cc2Cl)s1. The average Bonchev–Trinajstić information content (AvgIpc) is 2.88. The molecule has 1 unspecified atom stereocenters. The first-order chi connectivity index (χ1) is 10.4. The third-order valence-corrected chi connectivity index (χ3v) is 4.31. The van der Waals surface area contributed by atoms with Crippen LogP contribution < -0.4 is 5.32 Å². The Bertz CT molecular complexity index is 715. The highest BCUT2D eigenvalue weighted by Gasteiger charge is 2.20. The van der Waals surface area contributed by atoms with E-state index in [4.69, 9.17) is 27.9 Å². The zero-order valence-electron chi connectivity index (χ0n) is 11.9. The number of rotatable bonds is 4. The molecule has 22 heavy (non-hydrogen) atoms. The van der Waals surface area contributed by atoms with E-state index in [1.54, 1.807) is 18.2 Å². The number of amides is 1. The van der Waals surface area contributed by atoms with Gasteiger partial charge in [-0.3, -0.25) is 4.79 Å². The second kappa shape index (κ2) is 7.13. The first-order valence-electron chi connectivity index (χ1n) is 6.40. The topological polar surface area (TPSA) is 55.4 Å². The smallest absolute Gasteiger partial charge is 0.349 e. The summed E-state index contributed by atoms with van der Waals surface area (Å²) >= 11 is 13.1. The van der Waals surface area contributed by atoms with Crippen LogP contribution in [-0.4, -0.2) is 18.0 Å². The van der Waals surface area contributed by atoms with Crippen molar-refractivity contribution in [2.45, 2.75) is 20.0 Å². The highest BCUT2D eigenvalue weighted by Crippen LogP contribution is 2.25. The minimum Gasteiger partial charge on any atom is -0.448 e. The molecule has 1 N–H and O–H groups in total. The van der Waals surface area contributed by atoms with Crippen LogP contribution in [0.3, 0.4) is 0 Å². The Kier molecular flexibility index (Phi) is 5.45. The largest absolute Gasteiger partial charge is 0.448 e. The van der Waals surface area contributed by atoms with Crippen LogP contribution in [0.5, 0.6) is 0 Å². The molecule has 1 aromatic carbocycles. The van der Waals surface area contributed by atoms with Gasteiger partial charge in [-0.25, -0.2) is 4.79 Å². The number of carbonyl (C=O) groups excluding carboxylic acids is 2. The van der Waals surface area contributed by atoms with Gasteiger partial charge in [0.2, 0.25) is 0 Å². The second-order valence-corrected chi connectivity index (χ2v) is 6.70. The Balaban J connectivity index is 1.98. The molecule has 0 aliphatic heterocycles. The van der Waals surface area contributed by atoms with Crippen LogP contribution >= 0.6 is 34.5 Å². The molecule has 0 spiro atoms. The lowest BCUT2D eigenvalue weighted by atomic mass is 10.3. The van der Waals surface area contributed by atoms with Crippen LogP contribution in [0.25, 0.3) is 0 Å². The number of aryl methyl sites for hydroxylation is 1. The monoisotopic (exact) mass is 357 g/mol. The van der Waals surface area contributed by atoms with Crippen molar-refractivity contribution in [2.24, 2.45) is 0 Å². The van der Waals surface area contributed by atoms with Crippen molar-refractivity contribution in [2.75, 3.05) is 5.32 Å². The summed E-state index contributed by atoms with van der Waals surface area (Å²) in [5.41, 5.74) is 0.408. The lowest BCUT2D eigenvalue weighted by Gasteiger charge is -2.13. The van der Waals surface area contributed by atoms with Gasteiger partial charge >= 0.3 is 5.97 Å². The van der Waals surface area contributed by atoms with Gasteiger partial charge in [-0.05, 0) is 44.2 Å². The normalized spacial score (nSPS) is 11.8.